The first-order chi connectivity index (χ1) is 19.7. The van der Waals surface area contributed by atoms with Crippen LogP contribution in [0.5, 0.6) is 11.5 Å². The minimum Gasteiger partial charge on any atom is -0.507 e. The molecule has 6 atom stereocenters. The molecule has 0 saturated carbocycles. The van der Waals surface area contributed by atoms with E-state index in [2.05, 4.69) is 0 Å². The SMILES string of the molecule is Cc1c(O[C@@H]2O[C@H](COC(=O)CC(C)(O)CC(=O)O)[C@@H](O)[C@H](O)[C@H]2O)c(C)c2oc(-c3ccccc3)cc(=O)c2c1O. The number of rotatable bonds is 9. The number of carboxylic acid groups (broad SMARTS) is 1. The molecule has 1 unspecified atom stereocenters. The summed E-state index contributed by atoms with van der Waals surface area (Å²) in [6.07, 6.45) is -9.73. The van der Waals surface area contributed by atoms with Crippen LogP contribution in [-0.2, 0) is 19.1 Å². The molecular weight excluding hydrogens is 556 g/mol. The summed E-state index contributed by atoms with van der Waals surface area (Å²) in [6, 6.07) is 10.1. The van der Waals surface area contributed by atoms with Crippen LogP contribution in [0.4, 0.5) is 0 Å². The Morgan fingerprint density at radius 1 is 1.00 bits per heavy atom. The highest BCUT2D eigenvalue weighted by atomic mass is 16.7. The van der Waals surface area contributed by atoms with Gasteiger partial charge in [0.1, 0.15) is 59.3 Å². The van der Waals surface area contributed by atoms with Crippen molar-refractivity contribution >= 4 is 22.9 Å². The van der Waals surface area contributed by atoms with Crippen molar-refractivity contribution in [1.82, 2.24) is 0 Å². The van der Waals surface area contributed by atoms with Crippen LogP contribution in [0.1, 0.15) is 30.9 Å². The zero-order valence-corrected chi connectivity index (χ0v) is 23.0. The number of hydrogen-bond acceptors (Lipinski definition) is 12. The van der Waals surface area contributed by atoms with E-state index in [1.54, 1.807) is 37.3 Å². The van der Waals surface area contributed by atoms with Crippen molar-refractivity contribution in [3.63, 3.8) is 0 Å². The zero-order valence-electron chi connectivity index (χ0n) is 23.0. The molecule has 0 radical (unpaired) electrons. The average Bonchev–Trinajstić information content (AvgIpc) is 2.92. The fraction of sp³-hybridized carbons (Fsp3) is 0.414. The fourth-order valence-corrected chi connectivity index (χ4v) is 4.78. The van der Waals surface area contributed by atoms with E-state index in [1.165, 1.54) is 13.0 Å². The van der Waals surface area contributed by atoms with Gasteiger partial charge in [-0.25, -0.2) is 0 Å². The number of carbonyl (C=O) groups is 2. The van der Waals surface area contributed by atoms with E-state index in [0.717, 1.165) is 6.92 Å². The van der Waals surface area contributed by atoms with Gasteiger partial charge in [-0.15, -0.1) is 0 Å². The first-order valence-corrected chi connectivity index (χ1v) is 13.0. The van der Waals surface area contributed by atoms with Crippen LogP contribution in [0.25, 0.3) is 22.3 Å². The maximum atomic E-state index is 13.0. The number of benzene rings is 2. The number of carbonyl (C=O) groups excluding carboxylic acids is 1. The molecule has 1 aliphatic heterocycles. The van der Waals surface area contributed by atoms with Gasteiger partial charge in [-0.3, -0.25) is 14.4 Å². The molecule has 13 heteroatoms. The molecule has 226 valence electrons. The normalized spacial score (nSPS) is 23.7. The van der Waals surface area contributed by atoms with Crippen LogP contribution >= 0.6 is 0 Å². The Bertz CT molecular complexity index is 1530. The fourth-order valence-electron chi connectivity index (χ4n) is 4.78. The van der Waals surface area contributed by atoms with Gasteiger partial charge in [-0.1, -0.05) is 30.3 Å². The van der Waals surface area contributed by atoms with Crippen molar-refractivity contribution in [2.24, 2.45) is 0 Å². The molecule has 3 aromatic rings. The van der Waals surface area contributed by atoms with E-state index in [1.807, 2.05) is 0 Å². The summed E-state index contributed by atoms with van der Waals surface area (Å²) in [7, 11) is 0. The van der Waals surface area contributed by atoms with Gasteiger partial charge < -0.3 is 49.3 Å². The molecule has 1 aliphatic rings. The lowest BCUT2D eigenvalue weighted by atomic mass is 9.98. The molecule has 0 aliphatic carbocycles. The van der Waals surface area contributed by atoms with Crippen LogP contribution in [-0.4, -0.2) is 85.5 Å². The predicted molar refractivity (Wildman–Crippen MR) is 145 cm³/mol. The van der Waals surface area contributed by atoms with Gasteiger partial charge in [-0.2, -0.15) is 0 Å². The molecule has 2 aromatic carbocycles. The lowest BCUT2D eigenvalue weighted by molar-refractivity contribution is -0.278. The van der Waals surface area contributed by atoms with Crippen molar-refractivity contribution < 1.29 is 58.9 Å². The van der Waals surface area contributed by atoms with E-state index in [4.69, 9.17) is 23.7 Å². The predicted octanol–water partition coefficient (Wildman–Crippen LogP) is 1.13. The molecule has 1 fully saturated rings. The Kier molecular flexibility index (Phi) is 8.89. The van der Waals surface area contributed by atoms with Crippen molar-refractivity contribution in [3.05, 3.63) is 57.7 Å². The second-order valence-electron chi connectivity index (χ2n) is 10.5. The third-order valence-corrected chi connectivity index (χ3v) is 6.99. The van der Waals surface area contributed by atoms with E-state index < -0.39 is 78.9 Å². The summed E-state index contributed by atoms with van der Waals surface area (Å²) in [5.41, 5.74) is -1.37. The monoisotopic (exact) mass is 588 g/mol. The largest absolute Gasteiger partial charge is 0.507 e. The molecule has 13 nitrogen and oxygen atoms in total. The van der Waals surface area contributed by atoms with Gasteiger partial charge in [0.2, 0.25) is 6.29 Å². The maximum absolute atomic E-state index is 13.0. The molecule has 1 aromatic heterocycles. The lowest BCUT2D eigenvalue weighted by Gasteiger charge is -2.40. The number of aromatic hydroxyl groups is 1. The number of carboxylic acids is 1. The second-order valence-corrected chi connectivity index (χ2v) is 10.5. The van der Waals surface area contributed by atoms with Crippen LogP contribution in [0, 0.1) is 13.8 Å². The minimum atomic E-state index is -1.89. The van der Waals surface area contributed by atoms with Crippen molar-refractivity contribution in [1.29, 1.82) is 0 Å². The first kappa shape index (κ1) is 30.9. The third-order valence-electron chi connectivity index (χ3n) is 6.99. The van der Waals surface area contributed by atoms with E-state index >= 15 is 0 Å². The number of hydrogen-bond donors (Lipinski definition) is 6. The molecule has 0 bridgehead atoms. The number of ether oxygens (including phenoxy) is 3. The number of aliphatic hydroxyl groups is 4. The second kappa shape index (κ2) is 12.1. The molecule has 2 heterocycles. The van der Waals surface area contributed by atoms with Gasteiger partial charge in [0.05, 0.1) is 18.4 Å². The summed E-state index contributed by atoms with van der Waals surface area (Å²) in [4.78, 5) is 36.0. The van der Waals surface area contributed by atoms with Crippen molar-refractivity contribution in [3.8, 4) is 22.8 Å². The Hall–Kier alpha value is -4.01. The number of aliphatic hydroxyl groups excluding tert-OH is 3. The third kappa shape index (κ3) is 6.40. The van der Waals surface area contributed by atoms with Crippen LogP contribution in [0.3, 0.4) is 0 Å². The standard InChI is InChI=1S/C29H32O13/c1-13-22(34)21-16(30)9-17(15-7-5-4-6-8-15)40-27(21)14(2)26(13)42-28-25(37)24(36)23(35)18(41-28)12-39-20(33)11-29(3,38)10-19(31)32/h4-9,18,23-25,28,34-38H,10-12H2,1-3H3,(H,31,32)/t18-,23-,24+,25-,28+,29?/m1/s1. The van der Waals surface area contributed by atoms with Crippen molar-refractivity contribution in [2.75, 3.05) is 6.61 Å². The Morgan fingerprint density at radius 3 is 2.31 bits per heavy atom. The van der Waals surface area contributed by atoms with E-state index in [-0.39, 0.29) is 33.6 Å². The highest BCUT2D eigenvalue weighted by Gasteiger charge is 2.46. The highest BCUT2D eigenvalue weighted by Crippen LogP contribution is 2.40. The molecule has 6 N–H and O–H groups in total. The molecule has 1 saturated heterocycles. The average molecular weight is 589 g/mol. The van der Waals surface area contributed by atoms with Crippen molar-refractivity contribution in [2.45, 2.75) is 69.9 Å². The summed E-state index contributed by atoms with van der Waals surface area (Å²) in [6.45, 7) is 3.53. The number of phenolic OH excluding ortho intramolecular Hbond substituents is 1. The molecular formula is C29H32O13. The van der Waals surface area contributed by atoms with Gasteiger partial charge in [0.15, 0.2) is 5.43 Å². The Labute approximate surface area is 239 Å². The summed E-state index contributed by atoms with van der Waals surface area (Å²) in [5, 5.41) is 61.2. The van der Waals surface area contributed by atoms with Gasteiger partial charge in [0, 0.05) is 22.8 Å². The smallest absolute Gasteiger partial charge is 0.308 e. The summed E-state index contributed by atoms with van der Waals surface area (Å²) < 4.78 is 22.5. The van der Waals surface area contributed by atoms with E-state index in [0.29, 0.717) is 5.56 Å². The Balaban J connectivity index is 1.60. The van der Waals surface area contributed by atoms with Gasteiger partial charge in [0.25, 0.3) is 0 Å². The van der Waals surface area contributed by atoms with E-state index in [9.17, 15) is 39.9 Å². The highest BCUT2D eigenvalue weighted by molar-refractivity contribution is 5.90. The van der Waals surface area contributed by atoms with Crippen LogP contribution in [0.15, 0.2) is 45.6 Å². The molecule has 42 heavy (non-hydrogen) atoms. The van der Waals surface area contributed by atoms with Gasteiger partial charge >= 0.3 is 11.9 Å². The quantitative estimate of drug-likeness (QED) is 0.194. The first-order valence-electron chi connectivity index (χ1n) is 13.0. The number of fused-ring (bicyclic) bond motifs is 1. The number of aryl methyl sites for hydroxylation is 1. The van der Waals surface area contributed by atoms with Gasteiger partial charge in [-0.05, 0) is 20.8 Å². The number of phenols is 1. The summed E-state index contributed by atoms with van der Waals surface area (Å²) >= 11 is 0. The molecule has 0 spiro atoms. The number of aliphatic carboxylic acids is 1. The molecule has 0 amide bonds. The zero-order chi connectivity index (χ0) is 30.9. The summed E-state index contributed by atoms with van der Waals surface area (Å²) in [5.74, 6) is -2.53. The van der Waals surface area contributed by atoms with Crippen LogP contribution < -0.4 is 10.2 Å². The maximum Gasteiger partial charge on any atom is 0.308 e. The topological polar surface area (TPSA) is 213 Å². The van der Waals surface area contributed by atoms with Crippen LogP contribution in [0.2, 0.25) is 0 Å². The minimum absolute atomic E-state index is 0.0178. The number of esters is 1. The lowest BCUT2D eigenvalue weighted by Crippen LogP contribution is -2.60. The Morgan fingerprint density at radius 2 is 1.67 bits per heavy atom. The molecule has 4 rings (SSSR count).